The van der Waals surface area contributed by atoms with Crippen LogP contribution in [0.2, 0.25) is 0 Å². The fraction of sp³-hybridized carbons (Fsp3) is 0.317. The summed E-state index contributed by atoms with van der Waals surface area (Å²) >= 11 is 0. The predicted molar refractivity (Wildman–Crippen MR) is 208 cm³/mol. The van der Waals surface area contributed by atoms with Crippen molar-refractivity contribution in [2.45, 2.75) is 0 Å². The molecule has 0 amide bonds. The van der Waals surface area contributed by atoms with E-state index in [9.17, 15) is 9.90 Å². The first kappa shape index (κ1) is 54.5. The van der Waals surface area contributed by atoms with E-state index >= 15 is 0 Å². The Morgan fingerprint density at radius 3 is 0.560 bits per heavy atom. The lowest BCUT2D eigenvalue weighted by molar-refractivity contribution is -0.906. The number of nitrogens with zero attached hydrogens (tertiary/aromatic N) is 3. The third-order valence-electron chi connectivity index (χ3n) is 6.52. The van der Waals surface area contributed by atoms with Crippen LogP contribution in [0.25, 0.3) is 0 Å². The molecule has 0 aromatic carbocycles. The van der Waals surface area contributed by atoms with Crippen LogP contribution in [0.15, 0.2) is 165 Å². The molecule has 9 nitrogen and oxygen atoms in total. The van der Waals surface area contributed by atoms with Gasteiger partial charge in [0.05, 0.1) is 78.5 Å². The minimum absolute atomic E-state index is 0.00231. The molecule has 0 aromatic heterocycles. The summed E-state index contributed by atoms with van der Waals surface area (Å²) in [5.41, 5.74) is 0. The SMILES string of the molecule is C=CCOC(=O)[O-].C=CC[N+](CC=C)(CC=C)CC=C.C=CC[N+](CC=C)(CC=C)CC=C.C=CC[N+](CC=C)(CC=C)CC=C.O=C([O-])[O-]. The first-order valence-corrected chi connectivity index (χ1v) is 15.9. The highest BCUT2D eigenvalue weighted by Gasteiger charge is 2.22. The summed E-state index contributed by atoms with van der Waals surface area (Å²) in [5, 5.41) is 26.0. The van der Waals surface area contributed by atoms with E-state index in [2.05, 4.69) is 90.3 Å². The molecule has 0 saturated heterocycles. The van der Waals surface area contributed by atoms with Crippen LogP contribution in [0.1, 0.15) is 0 Å². The van der Waals surface area contributed by atoms with Crippen molar-refractivity contribution < 1.29 is 43.1 Å². The summed E-state index contributed by atoms with van der Waals surface area (Å²) < 4.78 is 6.59. The molecule has 50 heavy (non-hydrogen) atoms. The van der Waals surface area contributed by atoms with E-state index in [1.165, 1.54) is 6.08 Å². The molecule has 0 spiro atoms. The van der Waals surface area contributed by atoms with Gasteiger partial charge in [-0.15, -0.1) is 6.58 Å². The van der Waals surface area contributed by atoms with E-state index in [-0.39, 0.29) is 6.61 Å². The van der Waals surface area contributed by atoms with Crippen LogP contribution in [0.5, 0.6) is 0 Å². The zero-order chi connectivity index (χ0) is 39.7. The van der Waals surface area contributed by atoms with Crippen molar-refractivity contribution >= 4 is 12.3 Å². The molecule has 0 aliphatic carbocycles. The minimum atomic E-state index is -2.33. The molecule has 0 unspecified atom stereocenters. The number of carbonyl (C=O) groups excluding carboxylic acids is 2. The summed E-state index contributed by atoms with van der Waals surface area (Å²) in [4.78, 5) is 17.7. The maximum atomic E-state index is 9.38. The number of carbonyl (C=O) groups is 2. The Morgan fingerprint density at radius 1 is 0.360 bits per heavy atom. The van der Waals surface area contributed by atoms with Crippen molar-refractivity contribution in [2.24, 2.45) is 0 Å². The van der Waals surface area contributed by atoms with Gasteiger partial charge in [0.25, 0.3) is 6.16 Å². The van der Waals surface area contributed by atoms with Gasteiger partial charge in [-0.25, -0.2) is 0 Å². The Bertz CT molecular complexity index is 815. The zero-order valence-corrected chi connectivity index (χ0v) is 30.7. The Morgan fingerprint density at radius 2 is 0.500 bits per heavy atom. The molecule has 0 aliphatic heterocycles. The summed E-state index contributed by atoms with van der Waals surface area (Å²) in [7, 11) is 0. The van der Waals surface area contributed by atoms with Crippen LogP contribution >= 0.6 is 0 Å². The van der Waals surface area contributed by atoms with Crippen LogP contribution in [-0.2, 0) is 4.74 Å². The van der Waals surface area contributed by atoms with Crippen LogP contribution in [0.4, 0.5) is 9.59 Å². The summed E-state index contributed by atoms with van der Waals surface area (Å²) in [5.74, 6) is 0. The van der Waals surface area contributed by atoms with Gasteiger partial charge in [-0.05, 0) is 79.1 Å². The lowest BCUT2D eigenvalue weighted by atomic mass is 10.3. The average Bonchev–Trinajstić information content (AvgIpc) is 3.02. The Kier molecular flexibility index (Phi) is 41.9. The van der Waals surface area contributed by atoms with E-state index in [4.69, 9.17) is 15.0 Å². The smallest absolute Gasteiger partial charge is 0.252 e. The van der Waals surface area contributed by atoms with Crippen LogP contribution in [0.3, 0.4) is 0 Å². The van der Waals surface area contributed by atoms with Gasteiger partial charge in [-0.1, -0.05) is 85.0 Å². The van der Waals surface area contributed by atoms with Crippen LogP contribution < -0.4 is 15.3 Å². The molecular formula is C41H65N3O6. The molecule has 0 rings (SSSR count). The van der Waals surface area contributed by atoms with Gasteiger partial charge in [0.1, 0.15) is 0 Å². The van der Waals surface area contributed by atoms with Gasteiger partial charge in [-0.2, -0.15) is 0 Å². The highest BCUT2D eigenvalue weighted by atomic mass is 16.7. The first-order valence-electron chi connectivity index (χ1n) is 15.9. The third-order valence-corrected chi connectivity index (χ3v) is 6.52. The maximum absolute atomic E-state index is 9.38. The van der Waals surface area contributed by atoms with Crippen molar-refractivity contribution in [3.05, 3.63) is 165 Å². The zero-order valence-electron chi connectivity index (χ0n) is 30.7. The standard InChI is InChI=1S/3C12H20N.C4H6O3.CH2O3/c3*1-5-9-13(10-6-2,11-7-3)12-8-4;1-2-3-7-4(5)6;2-1(3)4/h3*5-8H,1-4,9-12H2;2H,1,3H2,(H,5,6);(H2,2,3,4)/q3*+1;;/p-3. The van der Waals surface area contributed by atoms with Crippen molar-refractivity contribution in [1.29, 1.82) is 0 Å². The van der Waals surface area contributed by atoms with Crippen LogP contribution in [0, 0.1) is 0 Å². The van der Waals surface area contributed by atoms with Gasteiger partial charge in [0.15, 0.2) is 0 Å². The van der Waals surface area contributed by atoms with E-state index in [0.29, 0.717) is 0 Å². The maximum Gasteiger partial charge on any atom is 0.252 e. The topological polar surface area (TPSA) is 113 Å². The van der Waals surface area contributed by atoms with Gasteiger partial charge >= 0.3 is 0 Å². The second-order valence-electron chi connectivity index (χ2n) is 10.8. The lowest BCUT2D eigenvalue weighted by Crippen LogP contribution is -2.48. The second-order valence-corrected chi connectivity index (χ2v) is 10.8. The third kappa shape index (κ3) is 34.4. The number of carboxylic acid groups (broad SMARTS) is 3. The van der Waals surface area contributed by atoms with Gasteiger partial charge in [0, 0.05) is 6.61 Å². The summed E-state index contributed by atoms with van der Waals surface area (Å²) in [6.07, 6.45) is 20.8. The van der Waals surface area contributed by atoms with Gasteiger partial charge in [0.2, 0.25) is 0 Å². The summed E-state index contributed by atoms with van der Waals surface area (Å²) in [6.45, 7) is 59.7. The molecule has 0 bridgehead atoms. The monoisotopic (exact) mass is 695 g/mol. The van der Waals surface area contributed by atoms with Crippen molar-refractivity contribution in [2.75, 3.05) is 85.1 Å². The number of quaternary nitrogens is 3. The van der Waals surface area contributed by atoms with Crippen molar-refractivity contribution in [1.82, 2.24) is 0 Å². The largest absolute Gasteiger partial charge is 0.652 e. The summed E-state index contributed by atoms with van der Waals surface area (Å²) in [6, 6.07) is 0. The van der Waals surface area contributed by atoms with Crippen molar-refractivity contribution in [3.63, 3.8) is 0 Å². The minimum Gasteiger partial charge on any atom is -0.652 e. The Hall–Kier alpha value is -4.96. The predicted octanol–water partition coefficient (Wildman–Crippen LogP) is 4.73. The average molecular weight is 696 g/mol. The Labute approximate surface area is 304 Å². The fourth-order valence-corrected chi connectivity index (χ4v) is 4.75. The van der Waals surface area contributed by atoms with Gasteiger partial charge in [-0.3, -0.25) is 0 Å². The number of ether oxygens (including phenoxy) is 1. The molecule has 0 N–H and O–H groups in total. The Balaban J connectivity index is -0.000000177. The molecule has 9 heteroatoms. The second kappa shape index (κ2) is 38.5. The van der Waals surface area contributed by atoms with E-state index in [0.717, 1.165) is 92.0 Å². The lowest BCUT2D eigenvalue weighted by Gasteiger charge is -2.35. The number of hydrogen-bond acceptors (Lipinski definition) is 6. The molecular weight excluding hydrogens is 630 g/mol. The molecule has 0 radical (unpaired) electrons. The van der Waals surface area contributed by atoms with E-state index in [1.807, 2.05) is 72.9 Å². The molecule has 280 valence electrons. The molecule has 0 aromatic rings. The molecule has 0 aliphatic rings. The number of hydrogen-bond donors (Lipinski definition) is 0. The highest BCUT2D eigenvalue weighted by molar-refractivity contribution is 5.54. The van der Waals surface area contributed by atoms with Crippen LogP contribution in [-0.4, -0.2) is 111 Å². The number of rotatable bonds is 26. The molecule has 0 atom stereocenters. The normalized spacial score (nSPS) is 9.68. The van der Waals surface area contributed by atoms with Gasteiger partial charge < -0.3 is 43.1 Å². The molecule has 0 fully saturated rings. The van der Waals surface area contributed by atoms with E-state index in [1.54, 1.807) is 0 Å². The van der Waals surface area contributed by atoms with E-state index < -0.39 is 12.3 Å². The highest BCUT2D eigenvalue weighted by Crippen LogP contribution is 2.09. The fourth-order valence-electron chi connectivity index (χ4n) is 4.75. The first-order chi connectivity index (χ1) is 23.7. The quantitative estimate of drug-likeness (QED) is 0.0736. The molecule has 0 saturated carbocycles. The van der Waals surface area contributed by atoms with Crippen molar-refractivity contribution in [3.8, 4) is 0 Å². The molecule has 0 heterocycles.